The highest BCUT2D eigenvalue weighted by Gasteiger charge is 2.29. The number of carbonyl (C=O) groups excluding carboxylic acids is 3. The average Bonchev–Trinajstić information content (AvgIpc) is 3.59. The van der Waals surface area contributed by atoms with Crippen LogP contribution in [0.25, 0.3) is 55.2 Å². The molecule has 0 radical (unpaired) electrons. The lowest BCUT2D eigenvalue weighted by Gasteiger charge is -2.19. The third-order valence-corrected chi connectivity index (χ3v) is 11.2. The van der Waals surface area contributed by atoms with E-state index in [4.69, 9.17) is 13.9 Å². The van der Waals surface area contributed by atoms with Gasteiger partial charge in [0.05, 0.1) is 12.2 Å². The van der Waals surface area contributed by atoms with Gasteiger partial charge < -0.3 is 18.5 Å². The fraction of sp³-hybridized carbons (Fsp3) is 0.0980. The highest BCUT2D eigenvalue weighted by atomic mass is 16.5. The third kappa shape index (κ3) is 6.35. The molecule has 8 heteroatoms. The van der Waals surface area contributed by atoms with Crippen LogP contribution in [0.15, 0.2) is 161 Å². The topological polar surface area (TPSA) is 105 Å². The van der Waals surface area contributed by atoms with Gasteiger partial charge in [0, 0.05) is 79.3 Å². The molecule has 0 unspecified atom stereocenters. The molecule has 0 N–H and O–H groups in total. The second-order valence-corrected chi connectivity index (χ2v) is 14.7. The molecule has 59 heavy (non-hydrogen) atoms. The molecule has 0 amide bonds. The second kappa shape index (κ2) is 14.7. The molecule has 8 nitrogen and oxygen atoms in total. The number of nitrogens with zero attached hydrogens (tertiary/aromatic N) is 1. The SMILES string of the molecule is O=C1c2ccccc2C(=O)c2cc(COc3ccc4c(-c5ccccc5C(=O)OCCCCn5c6ccccc6c6ccccc65)c5ccc(=O)cc-5oc4c3)ccc21. The van der Waals surface area contributed by atoms with Gasteiger partial charge >= 0.3 is 5.97 Å². The van der Waals surface area contributed by atoms with Gasteiger partial charge in [-0.25, -0.2) is 4.79 Å². The highest BCUT2D eigenvalue weighted by Crippen LogP contribution is 2.42. The fourth-order valence-corrected chi connectivity index (χ4v) is 8.37. The van der Waals surface area contributed by atoms with Crippen molar-refractivity contribution >= 4 is 50.3 Å². The van der Waals surface area contributed by atoms with Gasteiger partial charge in [0.25, 0.3) is 0 Å². The number of unbranched alkanes of at least 4 members (excludes halogenated alkanes) is 1. The van der Waals surface area contributed by atoms with Gasteiger partial charge in [-0.3, -0.25) is 14.4 Å². The number of hydrogen-bond acceptors (Lipinski definition) is 7. The zero-order chi connectivity index (χ0) is 40.0. The minimum atomic E-state index is -0.436. The number of hydrogen-bond donors (Lipinski definition) is 0. The molecule has 1 aliphatic heterocycles. The second-order valence-electron chi connectivity index (χ2n) is 14.7. The van der Waals surface area contributed by atoms with Crippen LogP contribution in [0.3, 0.4) is 0 Å². The minimum Gasteiger partial charge on any atom is -0.489 e. The molecule has 10 rings (SSSR count). The van der Waals surface area contributed by atoms with Crippen LogP contribution < -0.4 is 10.2 Å². The number of rotatable bonds is 10. The Morgan fingerprint density at radius 2 is 1.20 bits per heavy atom. The minimum absolute atomic E-state index is 0.125. The molecule has 0 atom stereocenters. The number of fused-ring (bicyclic) bond motifs is 7. The van der Waals surface area contributed by atoms with E-state index in [1.807, 2.05) is 30.3 Å². The van der Waals surface area contributed by atoms with Gasteiger partial charge in [0.15, 0.2) is 17.0 Å². The Kier molecular flexibility index (Phi) is 8.94. The summed E-state index contributed by atoms with van der Waals surface area (Å²) in [4.78, 5) is 52.8. The maximum Gasteiger partial charge on any atom is 0.338 e. The van der Waals surface area contributed by atoms with Crippen molar-refractivity contribution in [3.8, 4) is 28.2 Å². The van der Waals surface area contributed by atoms with Crippen LogP contribution in [-0.4, -0.2) is 28.7 Å². The van der Waals surface area contributed by atoms with Crippen LogP contribution in [0.2, 0.25) is 0 Å². The van der Waals surface area contributed by atoms with Crippen LogP contribution in [0.4, 0.5) is 0 Å². The van der Waals surface area contributed by atoms with Crippen molar-refractivity contribution in [1.82, 2.24) is 4.57 Å². The molecule has 286 valence electrons. The first-order valence-corrected chi connectivity index (χ1v) is 19.6. The molecular weight excluding hydrogens is 739 g/mol. The number of aryl methyl sites for hydroxylation is 1. The standard InChI is InChI=1S/C51H35NO7/c53-32-20-23-41-46(28-32)59-47-29-33(58-30-31-19-22-39-43(27-31)50(55)38-15-3-2-14-37(38)49(39)54)21-24-42(47)48(41)36-13-1-4-16-40(36)51(56)57-26-10-9-25-52-44-17-7-5-11-34(44)35-12-6-8-18-45(35)52/h1-8,11-24,27-29H,9-10,25-26,30H2. The summed E-state index contributed by atoms with van der Waals surface area (Å²) in [7, 11) is 0. The van der Waals surface area contributed by atoms with Crippen LogP contribution in [-0.2, 0) is 17.9 Å². The molecule has 0 bridgehead atoms. The maximum absolute atomic E-state index is 13.8. The Hall–Kier alpha value is -7.58. The molecule has 1 aromatic heterocycles. The van der Waals surface area contributed by atoms with E-state index in [1.165, 1.54) is 33.9 Å². The van der Waals surface area contributed by atoms with Crippen molar-refractivity contribution in [1.29, 1.82) is 0 Å². The van der Waals surface area contributed by atoms with Crippen molar-refractivity contribution in [2.75, 3.05) is 6.61 Å². The maximum atomic E-state index is 13.8. The van der Waals surface area contributed by atoms with E-state index in [0.29, 0.717) is 67.8 Å². The van der Waals surface area contributed by atoms with Gasteiger partial charge in [-0.2, -0.15) is 0 Å². The van der Waals surface area contributed by atoms with E-state index in [9.17, 15) is 19.2 Å². The fourth-order valence-electron chi connectivity index (χ4n) is 8.37. The summed E-state index contributed by atoms with van der Waals surface area (Å²) >= 11 is 0. The Balaban J connectivity index is 0.893. The number of benzene rings is 7. The summed E-state index contributed by atoms with van der Waals surface area (Å²) in [5.41, 5.74) is 7.31. The predicted octanol–water partition coefficient (Wildman–Crippen LogP) is 10.7. The van der Waals surface area contributed by atoms with Crippen molar-refractivity contribution in [3.05, 3.63) is 195 Å². The molecule has 6 aromatic carbocycles. The Morgan fingerprint density at radius 3 is 1.97 bits per heavy atom. The third-order valence-electron chi connectivity index (χ3n) is 11.2. The first-order valence-electron chi connectivity index (χ1n) is 19.6. The molecule has 2 heterocycles. The number of para-hydroxylation sites is 2. The van der Waals surface area contributed by atoms with E-state index < -0.39 is 5.97 Å². The van der Waals surface area contributed by atoms with Crippen LogP contribution in [0.5, 0.6) is 5.75 Å². The largest absolute Gasteiger partial charge is 0.489 e. The lowest BCUT2D eigenvalue weighted by atomic mass is 9.83. The summed E-state index contributed by atoms with van der Waals surface area (Å²) in [5, 5.41) is 3.17. The van der Waals surface area contributed by atoms with Gasteiger partial charge in [-0.15, -0.1) is 0 Å². The molecule has 7 aromatic rings. The van der Waals surface area contributed by atoms with Crippen LogP contribution in [0.1, 0.15) is 60.6 Å². The molecular formula is C51H35NO7. The molecule has 2 aliphatic carbocycles. The van der Waals surface area contributed by atoms with Crippen LogP contribution in [0, 0.1) is 0 Å². The smallest absolute Gasteiger partial charge is 0.338 e. The number of carbonyl (C=O) groups is 3. The monoisotopic (exact) mass is 773 g/mol. The lowest BCUT2D eigenvalue weighted by molar-refractivity contribution is 0.0498. The predicted molar refractivity (Wildman–Crippen MR) is 228 cm³/mol. The van der Waals surface area contributed by atoms with Crippen molar-refractivity contribution in [2.45, 2.75) is 26.0 Å². The van der Waals surface area contributed by atoms with Gasteiger partial charge in [-0.05, 0) is 78.6 Å². The van der Waals surface area contributed by atoms with Crippen molar-refractivity contribution in [2.24, 2.45) is 0 Å². The Bertz CT molecular complexity index is 3140. The average molecular weight is 774 g/mol. The van der Waals surface area contributed by atoms with Crippen molar-refractivity contribution < 1.29 is 28.3 Å². The zero-order valence-corrected chi connectivity index (χ0v) is 31.8. The normalized spacial score (nSPS) is 12.3. The summed E-state index contributed by atoms with van der Waals surface area (Å²) in [6.45, 7) is 1.18. The molecule has 0 saturated heterocycles. The summed E-state index contributed by atoms with van der Waals surface area (Å²) in [5.74, 6) is 0.0452. The van der Waals surface area contributed by atoms with Gasteiger partial charge in [0.2, 0.25) is 0 Å². The first-order chi connectivity index (χ1) is 28.9. The molecule has 0 spiro atoms. The number of aromatic nitrogens is 1. The Labute approximate surface area is 338 Å². The van der Waals surface area contributed by atoms with E-state index in [0.717, 1.165) is 24.1 Å². The number of esters is 1. The summed E-state index contributed by atoms with van der Waals surface area (Å²) in [6, 6.07) is 46.3. The van der Waals surface area contributed by atoms with E-state index >= 15 is 0 Å². The van der Waals surface area contributed by atoms with Gasteiger partial charge in [-0.1, -0.05) is 84.9 Å². The lowest BCUT2D eigenvalue weighted by Crippen LogP contribution is -2.21. The summed E-state index contributed by atoms with van der Waals surface area (Å²) < 4.78 is 20.8. The van der Waals surface area contributed by atoms with Crippen LogP contribution >= 0.6 is 0 Å². The van der Waals surface area contributed by atoms with Gasteiger partial charge in [0.1, 0.15) is 23.7 Å². The van der Waals surface area contributed by atoms with Crippen molar-refractivity contribution in [3.63, 3.8) is 0 Å². The van der Waals surface area contributed by atoms with E-state index in [-0.39, 0.29) is 30.2 Å². The molecule has 3 aliphatic rings. The summed E-state index contributed by atoms with van der Waals surface area (Å²) in [6.07, 6.45) is 1.52. The number of ether oxygens (including phenoxy) is 2. The highest BCUT2D eigenvalue weighted by molar-refractivity contribution is 6.28. The molecule has 0 fully saturated rings. The van der Waals surface area contributed by atoms with E-state index in [1.54, 1.807) is 60.7 Å². The molecule has 0 saturated carbocycles. The van der Waals surface area contributed by atoms with E-state index in [2.05, 4.69) is 53.1 Å². The number of ketones is 2. The Morgan fingerprint density at radius 1 is 0.559 bits per heavy atom. The zero-order valence-electron chi connectivity index (χ0n) is 31.8. The first kappa shape index (κ1) is 35.8. The quantitative estimate of drug-likeness (QED) is 0.0774.